The fourth-order valence-electron chi connectivity index (χ4n) is 3.71. The van der Waals surface area contributed by atoms with Crippen molar-refractivity contribution >= 4 is 62.3 Å². The van der Waals surface area contributed by atoms with Gasteiger partial charge in [-0.15, -0.1) is 0 Å². The van der Waals surface area contributed by atoms with Crippen molar-refractivity contribution in [2.45, 2.75) is 31.3 Å². The molecule has 0 aliphatic heterocycles. The summed E-state index contributed by atoms with van der Waals surface area (Å²) in [4.78, 5) is 27.6. The normalized spacial score (nSPS) is 12.1. The quantitative estimate of drug-likeness (QED) is 0.370. The monoisotopic (exact) mass is 581 g/mol. The lowest BCUT2D eigenvalue weighted by Gasteiger charge is -2.32. The molecule has 3 rings (SSSR count). The number of likely N-dealkylation sites (N-methyl/N-ethyl adjacent to an activating group) is 1. The molecule has 0 radical (unpaired) electrons. The summed E-state index contributed by atoms with van der Waals surface area (Å²) in [6.07, 6.45) is 0. The predicted octanol–water partition coefficient (Wildman–Crippen LogP) is 5.31. The number of nitrogens with one attached hydrogen (secondary N) is 1. The second-order valence-corrected chi connectivity index (χ2v) is 11.4. The topological polar surface area (TPSA) is 86.8 Å². The molecule has 0 saturated carbocycles. The maximum atomic E-state index is 13.8. The van der Waals surface area contributed by atoms with Crippen LogP contribution in [-0.4, -0.2) is 44.8 Å². The molecule has 0 aromatic heterocycles. The van der Waals surface area contributed by atoms with Gasteiger partial charge >= 0.3 is 0 Å². The highest BCUT2D eigenvalue weighted by Crippen LogP contribution is 2.30. The van der Waals surface area contributed by atoms with Gasteiger partial charge < -0.3 is 10.2 Å². The Bertz CT molecular complexity index is 1400. The van der Waals surface area contributed by atoms with Crippen molar-refractivity contribution < 1.29 is 18.0 Å². The smallest absolute Gasteiger partial charge is 0.264 e. The van der Waals surface area contributed by atoms with E-state index in [1.165, 1.54) is 30.1 Å². The zero-order valence-corrected chi connectivity index (χ0v) is 23.5. The predicted molar refractivity (Wildman–Crippen MR) is 148 cm³/mol. The molecule has 0 bridgehead atoms. The molecule has 0 aliphatic carbocycles. The highest BCUT2D eigenvalue weighted by molar-refractivity contribution is 7.92. The molecule has 0 heterocycles. The maximum absolute atomic E-state index is 13.8. The molecule has 1 N–H and O–H groups in total. The number of anilines is 1. The number of rotatable bonds is 9. The van der Waals surface area contributed by atoms with Gasteiger partial charge in [0.05, 0.1) is 20.6 Å². The molecule has 1 atom stereocenters. The molecule has 2 amide bonds. The van der Waals surface area contributed by atoms with Gasteiger partial charge in [0.25, 0.3) is 10.0 Å². The van der Waals surface area contributed by atoms with Gasteiger partial charge in [-0.05, 0) is 61.4 Å². The Morgan fingerprint density at radius 3 is 2.24 bits per heavy atom. The Labute approximate surface area is 232 Å². The standard InChI is InChI=1S/C26H26Cl3N3O4S/c1-17-9-11-20(27)14-24(17)32(37(35,36)21-7-5-4-6-8-21)16-25(33)31(18(2)26(34)30-3)15-19-10-12-22(28)23(29)13-19/h4-14,18H,15-16H2,1-3H3,(H,30,34)/t18-/m0/s1. The summed E-state index contributed by atoms with van der Waals surface area (Å²) < 4.78 is 28.5. The zero-order valence-electron chi connectivity index (χ0n) is 20.4. The first-order valence-corrected chi connectivity index (χ1v) is 13.8. The van der Waals surface area contributed by atoms with Gasteiger partial charge in [-0.1, -0.05) is 65.1 Å². The van der Waals surface area contributed by atoms with E-state index in [-0.39, 0.29) is 17.1 Å². The third-order valence-electron chi connectivity index (χ3n) is 5.80. The van der Waals surface area contributed by atoms with E-state index >= 15 is 0 Å². The van der Waals surface area contributed by atoms with E-state index in [0.717, 1.165) is 4.31 Å². The minimum absolute atomic E-state index is 0.00192. The molecule has 196 valence electrons. The van der Waals surface area contributed by atoms with E-state index in [9.17, 15) is 18.0 Å². The third-order valence-corrected chi connectivity index (χ3v) is 8.55. The number of nitrogens with zero attached hydrogens (tertiary/aromatic N) is 2. The van der Waals surface area contributed by atoms with Crippen molar-refractivity contribution in [3.8, 4) is 0 Å². The number of carbonyl (C=O) groups is 2. The van der Waals surface area contributed by atoms with E-state index < -0.39 is 34.4 Å². The lowest BCUT2D eigenvalue weighted by molar-refractivity contribution is -0.139. The summed E-state index contributed by atoms with van der Waals surface area (Å²) in [5.74, 6) is -1.01. The number of halogens is 3. The van der Waals surface area contributed by atoms with Crippen LogP contribution in [0.5, 0.6) is 0 Å². The number of aryl methyl sites for hydroxylation is 1. The molecule has 0 saturated heterocycles. The largest absolute Gasteiger partial charge is 0.357 e. The van der Waals surface area contributed by atoms with Crippen LogP contribution >= 0.6 is 34.8 Å². The lowest BCUT2D eigenvalue weighted by atomic mass is 10.1. The van der Waals surface area contributed by atoms with E-state index in [1.807, 2.05) is 0 Å². The second-order valence-electron chi connectivity index (χ2n) is 8.32. The van der Waals surface area contributed by atoms with Crippen LogP contribution < -0.4 is 9.62 Å². The number of sulfonamides is 1. The first-order chi connectivity index (χ1) is 17.4. The Morgan fingerprint density at radius 2 is 1.62 bits per heavy atom. The molecule has 7 nitrogen and oxygen atoms in total. The minimum Gasteiger partial charge on any atom is -0.357 e. The van der Waals surface area contributed by atoms with E-state index in [0.29, 0.717) is 26.2 Å². The molecule has 3 aromatic rings. The van der Waals surface area contributed by atoms with Crippen molar-refractivity contribution in [2.75, 3.05) is 17.9 Å². The van der Waals surface area contributed by atoms with Gasteiger partial charge in [0, 0.05) is 18.6 Å². The first kappa shape index (κ1) is 28.8. The third kappa shape index (κ3) is 6.76. The average molecular weight is 583 g/mol. The van der Waals surface area contributed by atoms with Gasteiger partial charge in [-0.2, -0.15) is 0 Å². The average Bonchev–Trinajstić information content (AvgIpc) is 2.88. The number of hydrogen-bond donors (Lipinski definition) is 1. The SMILES string of the molecule is CNC(=O)[C@H](C)N(Cc1ccc(Cl)c(Cl)c1)C(=O)CN(c1cc(Cl)ccc1C)S(=O)(=O)c1ccccc1. The summed E-state index contributed by atoms with van der Waals surface area (Å²) >= 11 is 18.4. The minimum atomic E-state index is -4.17. The molecule has 0 aliphatic rings. The maximum Gasteiger partial charge on any atom is 0.264 e. The van der Waals surface area contributed by atoms with Gasteiger partial charge in [0.1, 0.15) is 12.6 Å². The number of amides is 2. The van der Waals surface area contributed by atoms with Crippen LogP contribution in [0.15, 0.2) is 71.6 Å². The van der Waals surface area contributed by atoms with E-state index in [4.69, 9.17) is 34.8 Å². The summed E-state index contributed by atoms with van der Waals surface area (Å²) in [6.45, 7) is 2.72. The lowest BCUT2D eigenvalue weighted by Crippen LogP contribution is -2.50. The highest BCUT2D eigenvalue weighted by Gasteiger charge is 2.33. The molecule has 11 heteroatoms. The van der Waals surface area contributed by atoms with Crippen molar-refractivity contribution in [2.24, 2.45) is 0 Å². The van der Waals surface area contributed by atoms with Gasteiger partial charge in [0.15, 0.2) is 0 Å². The van der Waals surface area contributed by atoms with Crippen LogP contribution in [0.3, 0.4) is 0 Å². The van der Waals surface area contributed by atoms with E-state index in [2.05, 4.69) is 5.32 Å². The number of benzene rings is 3. The van der Waals surface area contributed by atoms with Crippen molar-refractivity contribution in [1.29, 1.82) is 0 Å². The molecule has 0 unspecified atom stereocenters. The Kier molecular flexibility index (Phi) is 9.47. The zero-order chi connectivity index (χ0) is 27.3. The first-order valence-electron chi connectivity index (χ1n) is 11.2. The second kappa shape index (κ2) is 12.2. The molecular weight excluding hydrogens is 557 g/mol. The highest BCUT2D eigenvalue weighted by atomic mass is 35.5. The van der Waals surface area contributed by atoms with Crippen LogP contribution in [-0.2, 0) is 26.2 Å². The summed E-state index contributed by atoms with van der Waals surface area (Å²) in [5, 5.41) is 3.49. The number of carbonyl (C=O) groups excluding carboxylic acids is 2. The van der Waals surface area contributed by atoms with Gasteiger partial charge in [-0.3, -0.25) is 13.9 Å². The summed E-state index contributed by atoms with van der Waals surface area (Å²) in [7, 11) is -2.71. The summed E-state index contributed by atoms with van der Waals surface area (Å²) in [6, 6.07) is 16.6. The Morgan fingerprint density at radius 1 is 0.946 bits per heavy atom. The van der Waals surface area contributed by atoms with Crippen molar-refractivity contribution in [1.82, 2.24) is 10.2 Å². The Balaban J connectivity index is 2.07. The number of hydrogen-bond acceptors (Lipinski definition) is 4. The molecule has 37 heavy (non-hydrogen) atoms. The van der Waals surface area contributed by atoms with Crippen molar-refractivity contribution in [3.63, 3.8) is 0 Å². The van der Waals surface area contributed by atoms with Crippen LogP contribution in [0.2, 0.25) is 15.1 Å². The van der Waals surface area contributed by atoms with Crippen molar-refractivity contribution in [3.05, 3.63) is 92.9 Å². The molecule has 0 fully saturated rings. The van der Waals surface area contributed by atoms with Crippen LogP contribution in [0, 0.1) is 6.92 Å². The summed E-state index contributed by atoms with van der Waals surface area (Å²) in [5.41, 5.74) is 1.48. The molecule has 3 aromatic carbocycles. The van der Waals surface area contributed by atoms with Gasteiger partial charge in [-0.25, -0.2) is 8.42 Å². The van der Waals surface area contributed by atoms with E-state index in [1.54, 1.807) is 62.4 Å². The fraction of sp³-hybridized carbons (Fsp3) is 0.231. The van der Waals surface area contributed by atoms with Gasteiger partial charge in [0.2, 0.25) is 11.8 Å². The van der Waals surface area contributed by atoms with Crippen LogP contribution in [0.1, 0.15) is 18.1 Å². The van der Waals surface area contributed by atoms with Crippen LogP contribution in [0.25, 0.3) is 0 Å². The molecule has 0 spiro atoms. The van der Waals surface area contributed by atoms with Crippen LogP contribution in [0.4, 0.5) is 5.69 Å². The molecular formula is C26H26Cl3N3O4S. The fourth-order valence-corrected chi connectivity index (χ4v) is 5.69. The Hall–Kier alpha value is -2.78.